The van der Waals surface area contributed by atoms with Crippen LogP contribution in [0.2, 0.25) is 0 Å². The minimum atomic E-state index is -0.187. The van der Waals surface area contributed by atoms with Gasteiger partial charge in [-0.25, -0.2) is 0 Å². The van der Waals surface area contributed by atoms with Crippen molar-refractivity contribution in [2.45, 2.75) is 55.4 Å². The summed E-state index contributed by atoms with van der Waals surface area (Å²) in [4.78, 5) is 29.9. The van der Waals surface area contributed by atoms with Crippen LogP contribution in [0.3, 0.4) is 0 Å². The number of ketones is 3. The van der Waals surface area contributed by atoms with E-state index in [2.05, 4.69) is 13.8 Å². The molecule has 0 spiro atoms. The summed E-state index contributed by atoms with van der Waals surface area (Å²) in [5, 5.41) is 29.9. The standard InChI is InChI=1S/3C5H8O2.C4H9O.Ti/c3*1-4(6)3-5(2)7;1-4(2)3-5;/h3*3,6H,1-2H3;4H,3H2,1-2H3;/q;;;-1;+4/p-3/b3*4-3-;;. The van der Waals surface area contributed by atoms with Gasteiger partial charge in [0, 0.05) is 0 Å². The second-order valence-electron chi connectivity index (χ2n) is 5.80. The maximum absolute atomic E-state index is 9.98. The van der Waals surface area contributed by atoms with Gasteiger partial charge in [-0.1, -0.05) is 20.8 Å². The van der Waals surface area contributed by atoms with Gasteiger partial charge in [-0.3, -0.25) is 14.4 Å². The molecule has 0 unspecified atom stereocenters. The number of carbonyl (C=O) groups is 3. The molecule has 0 saturated carbocycles. The Labute approximate surface area is 174 Å². The number of carbonyl (C=O) groups excluding carboxylic acids is 3. The molecule has 0 rings (SSSR count). The summed E-state index contributed by atoms with van der Waals surface area (Å²) in [5.74, 6) is -0.449. The first-order chi connectivity index (χ1) is 12.1. The molecule has 0 atom stereocenters. The molecule has 0 N–H and O–H groups in total. The Morgan fingerprint density at radius 2 is 0.963 bits per heavy atom. The fourth-order valence-corrected chi connectivity index (χ4v) is 1.55. The van der Waals surface area contributed by atoms with Crippen molar-refractivity contribution in [1.82, 2.24) is 0 Å². The fraction of sp³-hybridized carbons (Fsp3) is 0.526. The van der Waals surface area contributed by atoms with Crippen LogP contribution >= 0.6 is 0 Å². The Bertz CT molecular complexity index is 440. The number of allylic oxidation sites excluding steroid dienone is 6. The summed E-state index contributed by atoms with van der Waals surface area (Å²) in [6.07, 6.45) is 3.17. The Morgan fingerprint density at radius 3 is 0.963 bits per heavy atom. The minimum absolute atomic E-state index is 0.187. The molecule has 27 heavy (non-hydrogen) atoms. The summed E-state index contributed by atoms with van der Waals surface area (Å²) >= 11 is 1.72. The van der Waals surface area contributed by atoms with Gasteiger partial charge in [0.1, 0.15) is 0 Å². The Kier molecular flexibility index (Phi) is 27.3. The molecule has 0 bridgehead atoms. The number of hydrogen-bond donors (Lipinski definition) is 0. The zero-order chi connectivity index (χ0) is 22.6. The summed E-state index contributed by atoms with van der Waals surface area (Å²) < 4.78 is 4.80. The molecule has 0 aliphatic carbocycles. The number of hydrogen-bond acceptors (Lipinski definition) is 7. The summed E-state index contributed by atoms with van der Waals surface area (Å²) in [5.41, 5.74) is 0. The molecular weight excluding hydrogens is 388 g/mol. The first-order valence-electron chi connectivity index (χ1n) is 8.01. The molecule has 0 aliphatic rings. The van der Waals surface area contributed by atoms with Crippen LogP contribution in [0.1, 0.15) is 55.4 Å². The van der Waals surface area contributed by atoms with Gasteiger partial charge in [0.05, 0.1) is 0 Å². The zero-order valence-electron chi connectivity index (χ0n) is 17.4. The first-order valence-corrected chi connectivity index (χ1v) is 8.65. The number of rotatable bonds is 5. The van der Waals surface area contributed by atoms with E-state index in [0.717, 1.165) is 24.8 Å². The molecule has 7 nitrogen and oxygen atoms in total. The molecule has 0 aromatic heterocycles. The van der Waals surface area contributed by atoms with Gasteiger partial charge in [0.2, 0.25) is 0 Å². The van der Waals surface area contributed by atoms with Crippen LogP contribution in [0, 0.1) is 5.92 Å². The molecule has 152 valence electrons. The topological polar surface area (TPSA) is 130 Å². The zero-order valence-corrected chi connectivity index (χ0v) is 18.9. The molecule has 0 heterocycles. The predicted octanol–water partition coefficient (Wildman–Crippen LogP) is 0.639. The first kappa shape index (κ1) is 32.9. The van der Waals surface area contributed by atoms with E-state index in [4.69, 9.17) is 3.32 Å². The van der Waals surface area contributed by atoms with Crippen molar-refractivity contribution in [1.29, 1.82) is 0 Å². The van der Waals surface area contributed by atoms with E-state index < -0.39 is 0 Å². The van der Waals surface area contributed by atoms with Crippen molar-refractivity contribution < 1.29 is 53.8 Å². The van der Waals surface area contributed by atoms with Crippen LogP contribution in [-0.2, 0) is 38.5 Å². The van der Waals surface area contributed by atoms with Crippen LogP contribution in [0.15, 0.2) is 35.5 Å². The quantitative estimate of drug-likeness (QED) is 0.364. The molecule has 0 amide bonds. The molecule has 0 aromatic rings. The normalized spacial score (nSPS) is 11.1. The Morgan fingerprint density at radius 1 is 0.741 bits per heavy atom. The van der Waals surface area contributed by atoms with Gasteiger partial charge in [-0.15, -0.1) is 17.3 Å². The molecule has 0 aliphatic heterocycles. The van der Waals surface area contributed by atoms with Crippen LogP contribution in [0.5, 0.6) is 0 Å². The van der Waals surface area contributed by atoms with Crippen molar-refractivity contribution in [2.24, 2.45) is 5.92 Å². The van der Waals surface area contributed by atoms with Gasteiger partial charge < -0.3 is 15.3 Å². The van der Waals surface area contributed by atoms with Crippen molar-refractivity contribution in [3.05, 3.63) is 35.5 Å². The molecule has 0 saturated heterocycles. The molecule has 8 heteroatoms. The van der Waals surface area contributed by atoms with Gasteiger partial charge in [-0.05, 0) is 39.0 Å². The van der Waals surface area contributed by atoms with E-state index in [1.807, 2.05) is 0 Å². The monoisotopic (exact) mass is 418 g/mol. The molecule has 0 radical (unpaired) electrons. The second-order valence-corrected chi connectivity index (χ2v) is 6.25. The van der Waals surface area contributed by atoms with Crippen molar-refractivity contribution >= 4 is 17.3 Å². The Hall–Kier alpha value is -1.70. The van der Waals surface area contributed by atoms with Gasteiger partial charge >= 0.3 is 50.5 Å². The van der Waals surface area contributed by atoms with E-state index in [1.165, 1.54) is 41.5 Å². The van der Waals surface area contributed by atoms with Crippen molar-refractivity contribution in [3.63, 3.8) is 0 Å². The SMILES string of the molecule is CC(=O)/C=C(/C)[O-].CC(=O)/C=C(/C)[O-].CC(=O)/C=C(/C)[O-].CC(C)C[O][Ti+3]. The van der Waals surface area contributed by atoms with Gasteiger partial charge in [0.25, 0.3) is 0 Å². The van der Waals surface area contributed by atoms with E-state index >= 15 is 0 Å². The fourth-order valence-electron chi connectivity index (χ4n) is 1.03. The van der Waals surface area contributed by atoms with Crippen LogP contribution < -0.4 is 15.3 Å². The van der Waals surface area contributed by atoms with Gasteiger partial charge in [-0.2, -0.15) is 0 Å². The summed E-state index contributed by atoms with van der Waals surface area (Å²) in [6.45, 7) is 13.2. The van der Waals surface area contributed by atoms with Crippen molar-refractivity contribution in [3.8, 4) is 0 Å². The second kappa shape index (κ2) is 22.3. The third-order valence-electron chi connectivity index (χ3n) is 1.64. The third-order valence-corrected chi connectivity index (χ3v) is 1.90. The van der Waals surface area contributed by atoms with Crippen LogP contribution in [0.4, 0.5) is 0 Å². The molecule has 0 fully saturated rings. The molecular formula is C19H30O7Ti. The van der Waals surface area contributed by atoms with Gasteiger partial charge in [0.15, 0.2) is 17.3 Å². The average Bonchev–Trinajstić information content (AvgIpc) is 2.34. The van der Waals surface area contributed by atoms with Crippen molar-refractivity contribution in [2.75, 3.05) is 6.61 Å². The van der Waals surface area contributed by atoms with Crippen LogP contribution in [0.25, 0.3) is 0 Å². The predicted molar refractivity (Wildman–Crippen MR) is 94.1 cm³/mol. The maximum atomic E-state index is 9.98. The summed E-state index contributed by atoms with van der Waals surface area (Å²) in [6, 6.07) is 0. The average molecular weight is 418 g/mol. The summed E-state index contributed by atoms with van der Waals surface area (Å²) in [7, 11) is 0. The van der Waals surface area contributed by atoms with E-state index in [0.29, 0.717) is 5.92 Å². The third kappa shape index (κ3) is 68.3. The van der Waals surface area contributed by atoms with E-state index in [1.54, 1.807) is 20.8 Å². The molecule has 0 aromatic carbocycles. The Balaban J connectivity index is -0.000000131. The van der Waals surface area contributed by atoms with E-state index in [-0.39, 0.29) is 34.6 Å². The van der Waals surface area contributed by atoms with Crippen LogP contribution in [-0.4, -0.2) is 24.0 Å². The van der Waals surface area contributed by atoms with E-state index in [9.17, 15) is 29.7 Å².